The number of hydrogen-bond acceptors (Lipinski definition) is 12. The van der Waals surface area contributed by atoms with E-state index in [0.717, 1.165) is 5.56 Å². The van der Waals surface area contributed by atoms with Gasteiger partial charge in [-0.25, -0.2) is 9.78 Å². The van der Waals surface area contributed by atoms with Gasteiger partial charge in [0.25, 0.3) is 0 Å². The summed E-state index contributed by atoms with van der Waals surface area (Å²) in [5.74, 6) is -3.31. The van der Waals surface area contributed by atoms with Crippen molar-refractivity contribution in [2.75, 3.05) is 39.3 Å². The lowest BCUT2D eigenvalue weighted by Crippen LogP contribution is -2.65. The van der Waals surface area contributed by atoms with Crippen molar-refractivity contribution < 1.29 is 38.3 Å². The lowest BCUT2D eigenvalue weighted by atomic mass is 9.82. The number of fused-ring (bicyclic) bond motifs is 1. The standard InChI is InChI=1S/C50H76N10O8S/c1-29(2)36-42(63)57-39(48(5,6)7)41(52-28-35(62)60-21-19-30(3)38(60)44(65)54-36)56-40(49(8,9)10)45(66)55-37(31(4)32-17-15-14-16-18-32)43(64)53-33(46-51-20-26-69-46)27-34(61)58-22-24-59(25-23-58)47(67)68-50(11,12)13/h14-18,20,26,29-31,33,36-40H,19,21-25,27-28H2,1-13H3,(H,52,56)(H,53,64)(H,54,65)(H,55,66)(H,57,63)/t30-,31+,33-,36+,37+,38+,39-,40-/m1/s1. The number of ether oxygens (including phenoxy) is 1. The molecule has 2 aromatic rings. The molecule has 19 heteroatoms. The van der Waals surface area contributed by atoms with Gasteiger partial charge in [0.15, 0.2) is 0 Å². The zero-order valence-electron chi connectivity index (χ0n) is 42.8. The quantitative estimate of drug-likeness (QED) is 0.214. The number of nitrogens with one attached hydrogen (secondary N) is 5. The van der Waals surface area contributed by atoms with Gasteiger partial charge >= 0.3 is 6.09 Å². The molecule has 3 aliphatic rings. The van der Waals surface area contributed by atoms with Crippen LogP contribution >= 0.6 is 11.3 Å². The highest BCUT2D eigenvalue weighted by molar-refractivity contribution is 7.09. The Kier molecular flexibility index (Phi) is 17.7. The van der Waals surface area contributed by atoms with Crippen molar-refractivity contribution in [3.05, 3.63) is 52.5 Å². The summed E-state index contributed by atoms with van der Waals surface area (Å²) in [6, 6.07) is 3.69. The molecule has 4 heterocycles. The Morgan fingerprint density at radius 1 is 0.841 bits per heavy atom. The highest BCUT2D eigenvalue weighted by atomic mass is 32.1. The Morgan fingerprint density at radius 2 is 1.48 bits per heavy atom. The minimum absolute atomic E-state index is 0.116. The van der Waals surface area contributed by atoms with Crippen molar-refractivity contribution in [3.63, 3.8) is 0 Å². The van der Waals surface area contributed by atoms with Crippen LogP contribution < -0.4 is 26.6 Å². The molecular formula is C50H76N10O8S. The van der Waals surface area contributed by atoms with E-state index in [1.807, 2.05) is 99.6 Å². The molecular weight excluding hydrogens is 901 g/mol. The molecule has 7 amide bonds. The van der Waals surface area contributed by atoms with Crippen molar-refractivity contribution in [3.8, 4) is 0 Å². The lowest BCUT2D eigenvalue weighted by Gasteiger charge is -2.39. The smallest absolute Gasteiger partial charge is 0.410 e. The van der Waals surface area contributed by atoms with E-state index in [4.69, 9.17) is 9.73 Å². The van der Waals surface area contributed by atoms with E-state index >= 15 is 4.79 Å². The van der Waals surface area contributed by atoms with E-state index in [-0.39, 0.29) is 61.4 Å². The predicted molar refractivity (Wildman–Crippen MR) is 265 cm³/mol. The van der Waals surface area contributed by atoms with Crippen molar-refractivity contribution >= 4 is 58.7 Å². The second-order valence-corrected chi connectivity index (χ2v) is 23.1. The average Bonchev–Trinajstić information content (AvgIpc) is 3.95. The largest absolute Gasteiger partial charge is 0.444 e. The second-order valence-electron chi connectivity index (χ2n) is 22.2. The molecule has 3 aliphatic heterocycles. The molecule has 8 atom stereocenters. The summed E-state index contributed by atoms with van der Waals surface area (Å²) in [6.07, 6.45) is 1.65. The molecule has 0 aliphatic carbocycles. The molecule has 0 radical (unpaired) electrons. The van der Waals surface area contributed by atoms with Crippen LogP contribution in [0.15, 0.2) is 46.9 Å². The van der Waals surface area contributed by atoms with Gasteiger partial charge in [-0.15, -0.1) is 11.3 Å². The van der Waals surface area contributed by atoms with E-state index in [2.05, 4.69) is 31.6 Å². The molecule has 0 saturated carbocycles. The van der Waals surface area contributed by atoms with E-state index in [0.29, 0.717) is 31.1 Å². The van der Waals surface area contributed by atoms with Gasteiger partial charge in [-0.05, 0) is 55.4 Å². The SMILES string of the molecule is CC(C)[C@@H]1NC(=O)[C@@H]2[C@H](C)CCN2C(=O)CN=C(N[C@H](C(=O)N[C@H](C(=O)N[C@H](CC(=O)N2CCN(C(=O)OC(C)(C)C)CC2)c2nccs2)[C@@H](C)c2ccccc2)C(C)(C)C)[C@H](C(C)(C)C)NC1=O. The number of piperazine rings is 1. The number of amidine groups is 1. The fourth-order valence-corrected chi connectivity index (χ4v) is 9.54. The van der Waals surface area contributed by atoms with E-state index < -0.39 is 82.4 Å². The number of aromatic nitrogens is 1. The van der Waals surface area contributed by atoms with Gasteiger partial charge in [-0.1, -0.05) is 99.6 Å². The molecule has 18 nitrogen and oxygen atoms in total. The van der Waals surface area contributed by atoms with Crippen LogP contribution in [-0.4, -0.2) is 142 Å². The van der Waals surface area contributed by atoms with Crippen LogP contribution in [0.1, 0.15) is 125 Å². The first-order valence-corrected chi connectivity index (χ1v) is 25.1. The monoisotopic (exact) mass is 977 g/mol. The fraction of sp³-hybridized carbons (Fsp3) is 0.660. The number of rotatable bonds is 11. The van der Waals surface area contributed by atoms with Crippen molar-refractivity contribution in [2.24, 2.45) is 27.7 Å². The maximum Gasteiger partial charge on any atom is 0.410 e. The summed E-state index contributed by atoms with van der Waals surface area (Å²) >= 11 is 1.29. The molecule has 5 rings (SSSR count). The van der Waals surface area contributed by atoms with Crippen molar-refractivity contribution in [1.82, 2.24) is 46.3 Å². The molecule has 2 fully saturated rings. The molecule has 1 aromatic carbocycles. The van der Waals surface area contributed by atoms with E-state index in [1.54, 1.807) is 42.1 Å². The lowest BCUT2D eigenvalue weighted by molar-refractivity contribution is -0.140. The van der Waals surface area contributed by atoms with Gasteiger partial charge in [-0.2, -0.15) is 0 Å². The minimum Gasteiger partial charge on any atom is -0.444 e. The number of hydrogen-bond donors (Lipinski definition) is 5. The van der Waals surface area contributed by atoms with Gasteiger partial charge in [0, 0.05) is 50.2 Å². The summed E-state index contributed by atoms with van der Waals surface area (Å²) in [7, 11) is 0. The first-order chi connectivity index (χ1) is 32.2. The fourth-order valence-electron chi connectivity index (χ4n) is 8.85. The van der Waals surface area contributed by atoms with Crippen LogP contribution in [0.5, 0.6) is 0 Å². The van der Waals surface area contributed by atoms with Crippen LogP contribution in [0.2, 0.25) is 0 Å². The van der Waals surface area contributed by atoms with E-state index in [9.17, 15) is 28.8 Å². The zero-order valence-corrected chi connectivity index (χ0v) is 43.6. The summed E-state index contributed by atoms with van der Waals surface area (Å²) < 4.78 is 5.53. The van der Waals surface area contributed by atoms with Crippen LogP contribution in [0.25, 0.3) is 0 Å². The third-order valence-corrected chi connectivity index (χ3v) is 13.8. The van der Waals surface area contributed by atoms with Crippen LogP contribution in [0.3, 0.4) is 0 Å². The maximum atomic E-state index is 15.1. The first-order valence-electron chi connectivity index (χ1n) is 24.2. The minimum atomic E-state index is -1.16. The third kappa shape index (κ3) is 14.3. The molecule has 69 heavy (non-hydrogen) atoms. The topological polar surface area (TPSA) is 224 Å². The summed E-state index contributed by atoms with van der Waals surface area (Å²) in [5, 5.41) is 17.9. The predicted octanol–water partition coefficient (Wildman–Crippen LogP) is 4.38. The Labute approximate surface area is 411 Å². The molecule has 0 unspecified atom stereocenters. The van der Waals surface area contributed by atoms with Crippen molar-refractivity contribution in [2.45, 2.75) is 151 Å². The molecule has 380 valence electrons. The molecule has 2 saturated heterocycles. The highest BCUT2D eigenvalue weighted by Gasteiger charge is 2.44. The number of carbonyl (C=O) groups is 7. The van der Waals surface area contributed by atoms with Crippen LogP contribution in [0.4, 0.5) is 4.79 Å². The number of benzene rings is 1. The second kappa shape index (κ2) is 22.4. The van der Waals surface area contributed by atoms with Crippen LogP contribution in [0, 0.1) is 22.7 Å². The van der Waals surface area contributed by atoms with Gasteiger partial charge in [-0.3, -0.25) is 33.8 Å². The third-order valence-electron chi connectivity index (χ3n) is 12.9. The van der Waals surface area contributed by atoms with Gasteiger partial charge < -0.3 is 46.0 Å². The van der Waals surface area contributed by atoms with E-state index in [1.165, 1.54) is 16.2 Å². The number of nitrogens with zero attached hydrogens (tertiary/aromatic N) is 5. The maximum absolute atomic E-state index is 15.1. The summed E-state index contributed by atoms with van der Waals surface area (Å²) in [6.45, 7) is 25.3. The van der Waals surface area contributed by atoms with Gasteiger partial charge in [0.1, 0.15) is 47.2 Å². The zero-order chi connectivity index (χ0) is 51.2. The van der Waals surface area contributed by atoms with Crippen molar-refractivity contribution in [1.29, 1.82) is 0 Å². The van der Waals surface area contributed by atoms with Gasteiger partial charge in [0.2, 0.25) is 35.4 Å². The molecule has 1 aromatic heterocycles. The molecule has 5 N–H and O–H groups in total. The number of aliphatic imine (C=N–C) groups is 1. The highest BCUT2D eigenvalue weighted by Crippen LogP contribution is 2.29. The molecule has 0 spiro atoms. The first kappa shape index (κ1) is 54.4. The summed E-state index contributed by atoms with van der Waals surface area (Å²) in [4.78, 5) is 113. The average molecular weight is 977 g/mol. The number of thiazole rings is 1. The van der Waals surface area contributed by atoms with Gasteiger partial charge in [0.05, 0.1) is 18.5 Å². The normalized spacial score (nSPS) is 22.7. The Bertz CT molecular complexity index is 2170. The van der Waals surface area contributed by atoms with Crippen LogP contribution in [-0.2, 0) is 33.5 Å². The number of amides is 7. The Hall–Kier alpha value is -5.59. The summed E-state index contributed by atoms with van der Waals surface area (Å²) in [5.41, 5.74) is -1.43. The Morgan fingerprint density at radius 3 is 2.04 bits per heavy atom. The molecule has 0 bridgehead atoms. The number of carbonyl (C=O) groups excluding carboxylic acids is 7. The Balaban J connectivity index is 1.45.